The predicted octanol–water partition coefficient (Wildman–Crippen LogP) is -0.114. The monoisotopic (exact) mass is 203 g/mol. The van der Waals surface area contributed by atoms with E-state index in [0.717, 1.165) is 0 Å². The summed E-state index contributed by atoms with van der Waals surface area (Å²) in [6, 6.07) is 4.05. The highest BCUT2D eigenvalue weighted by Crippen LogP contribution is 2.28. The highest BCUT2D eigenvalue weighted by atomic mass is 32.2. The molecule has 0 aliphatic rings. The second kappa shape index (κ2) is 3.23. The molecule has 0 heterocycles. The number of benzene rings is 1. The number of primary sulfonamides is 1. The first-order valence-electron chi connectivity index (χ1n) is 3.40. The van der Waals surface area contributed by atoms with Gasteiger partial charge in [0.1, 0.15) is 0 Å². The Kier molecular flexibility index (Phi) is 2.44. The second-order valence-electron chi connectivity index (χ2n) is 2.59. The minimum atomic E-state index is -3.69. The predicted molar refractivity (Wildman–Crippen MR) is 46.6 cm³/mol. The largest absolute Gasteiger partial charge is 0.504 e. The zero-order valence-electron chi connectivity index (χ0n) is 6.64. The fraction of sp³-hybridized carbons (Fsp3) is 0.143. The van der Waals surface area contributed by atoms with Crippen molar-refractivity contribution in [2.24, 2.45) is 5.14 Å². The van der Waals surface area contributed by atoms with Gasteiger partial charge in [-0.2, -0.15) is 0 Å². The minimum absolute atomic E-state index is 0.0856. The molecule has 13 heavy (non-hydrogen) atoms. The van der Waals surface area contributed by atoms with Crippen LogP contribution in [-0.4, -0.2) is 18.6 Å². The van der Waals surface area contributed by atoms with Gasteiger partial charge in [-0.05, 0) is 6.07 Å². The molecule has 0 amide bonds. The van der Waals surface area contributed by atoms with Gasteiger partial charge in [-0.3, -0.25) is 0 Å². The zero-order valence-corrected chi connectivity index (χ0v) is 7.45. The van der Waals surface area contributed by atoms with E-state index in [1.165, 1.54) is 18.2 Å². The van der Waals surface area contributed by atoms with Crippen molar-refractivity contribution in [1.29, 1.82) is 0 Å². The molecule has 1 aromatic rings. The summed E-state index contributed by atoms with van der Waals surface area (Å²) < 4.78 is 21.3. The van der Waals surface area contributed by atoms with Gasteiger partial charge in [-0.1, -0.05) is 12.1 Å². The van der Waals surface area contributed by atoms with E-state index in [9.17, 15) is 13.5 Å². The summed E-state index contributed by atoms with van der Waals surface area (Å²) in [5, 5.41) is 23.0. The number of aromatic hydroxyl groups is 2. The van der Waals surface area contributed by atoms with Crippen LogP contribution in [0.4, 0.5) is 0 Å². The van der Waals surface area contributed by atoms with Crippen LogP contribution in [0.2, 0.25) is 0 Å². The van der Waals surface area contributed by atoms with E-state index in [2.05, 4.69) is 0 Å². The second-order valence-corrected chi connectivity index (χ2v) is 4.21. The number of rotatable bonds is 2. The number of hydrogen-bond acceptors (Lipinski definition) is 4. The van der Waals surface area contributed by atoms with Crippen molar-refractivity contribution in [2.45, 2.75) is 5.75 Å². The maximum absolute atomic E-state index is 10.6. The topological polar surface area (TPSA) is 101 Å². The van der Waals surface area contributed by atoms with Crippen LogP contribution in [0.5, 0.6) is 11.5 Å². The van der Waals surface area contributed by atoms with Crippen molar-refractivity contribution in [3.05, 3.63) is 23.8 Å². The van der Waals surface area contributed by atoms with Crippen LogP contribution in [0.1, 0.15) is 5.56 Å². The molecule has 0 aliphatic carbocycles. The van der Waals surface area contributed by atoms with Crippen molar-refractivity contribution in [3.63, 3.8) is 0 Å². The molecule has 0 spiro atoms. The molecule has 5 nitrogen and oxygen atoms in total. The van der Waals surface area contributed by atoms with Crippen LogP contribution < -0.4 is 5.14 Å². The Labute approximate surface area is 75.5 Å². The third kappa shape index (κ3) is 2.60. The van der Waals surface area contributed by atoms with E-state index < -0.39 is 21.5 Å². The Hall–Kier alpha value is -1.27. The number of phenolic OH excluding ortho intramolecular Hbond substituents is 2. The number of para-hydroxylation sites is 1. The molecule has 0 fully saturated rings. The fourth-order valence-electron chi connectivity index (χ4n) is 0.911. The molecular weight excluding hydrogens is 194 g/mol. The molecule has 1 rings (SSSR count). The maximum atomic E-state index is 10.6. The summed E-state index contributed by atoms with van der Waals surface area (Å²) in [6.07, 6.45) is 0. The average Bonchev–Trinajstić information content (AvgIpc) is 1.96. The summed E-state index contributed by atoms with van der Waals surface area (Å²) >= 11 is 0. The Balaban J connectivity index is 3.10. The van der Waals surface area contributed by atoms with Crippen molar-refractivity contribution >= 4 is 10.0 Å². The minimum Gasteiger partial charge on any atom is -0.504 e. The van der Waals surface area contributed by atoms with Gasteiger partial charge in [-0.25, -0.2) is 13.6 Å². The first-order valence-corrected chi connectivity index (χ1v) is 5.12. The van der Waals surface area contributed by atoms with E-state index in [0.29, 0.717) is 0 Å². The van der Waals surface area contributed by atoms with Gasteiger partial charge in [0.15, 0.2) is 11.5 Å². The molecule has 0 saturated heterocycles. The lowest BCUT2D eigenvalue weighted by molar-refractivity contribution is 0.400. The molecule has 0 aromatic heterocycles. The van der Waals surface area contributed by atoms with Crippen LogP contribution in [0.3, 0.4) is 0 Å². The van der Waals surface area contributed by atoms with Gasteiger partial charge in [0.25, 0.3) is 0 Å². The number of hydrogen-bond donors (Lipinski definition) is 3. The quantitative estimate of drug-likeness (QED) is 0.583. The Morgan fingerprint density at radius 1 is 1.31 bits per heavy atom. The highest BCUT2D eigenvalue weighted by Gasteiger charge is 2.11. The molecular formula is C7H9NO4S. The summed E-state index contributed by atoms with van der Waals surface area (Å²) in [5.41, 5.74) is 0.0856. The molecule has 4 N–H and O–H groups in total. The third-order valence-electron chi connectivity index (χ3n) is 1.45. The van der Waals surface area contributed by atoms with Crippen molar-refractivity contribution in [2.75, 3.05) is 0 Å². The smallest absolute Gasteiger partial charge is 0.213 e. The lowest BCUT2D eigenvalue weighted by Gasteiger charge is -2.03. The van der Waals surface area contributed by atoms with Gasteiger partial charge < -0.3 is 10.2 Å². The highest BCUT2D eigenvalue weighted by molar-refractivity contribution is 7.88. The van der Waals surface area contributed by atoms with Crippen molar-refractivity contribution in [1.82, 2.24) is 0 Å². The zero-order chi connectivity index (χ0) is 10.1. The molecule has 0 radical (unpaired) electrons. The molecule has 0 atom stereocenters. The molecule has 72 valence electrons. The van der Waals surface area contributed by atoms with Crippen LogP contribution in [-0.2, 0) is 15.8 Å². The standard InChI is InChI=1S/C7H9NO4S/c8-13(11,12)4-5-2-1-3-6(9)7(5)10/h1-3,9-10H,4H2,(H2,8,11,12). The first-order chi connectivity index (χ1) is 5.90. The average molecular weight is 203 g/mol. The molecule has 0 saturated carbocycles. The lowest BCUT2D eigenvalue weighted by Crippen LogP contribution is -2.14. The molecule has 0 unspecified atom stereocenters. The number of nitrogens with two attached hydrogens (primary N) is 1. The number of sulfonamides is 1. The summed E-state index contributed by atoms with van der Waals surface area (Å²) in [7, 11) is -3.69. The van der Waals surface area contributed by atoms with E-state index >= 15 is 0 Å². The summed E-state index contributed by atoms with van der Waals surface area (Å²) in [5.74, 6) is -1.30. The summed E-state index contributed by atoms with van der Waals surface area (Å²) in [4.78, 5) is 0. The first kappa shape index (κ1) is 9.82. The van der Waals surface area contributed by atoms with Gasteiger partial charge in [0.2, 0.25) is 10.0 Å². The molecule has 0 aliphatic heterocycles. The Morgan fingerprint density at radius 3 is 2.46 bits per heavy atom. The van der Waals surface area contributed by atoms with E-state index in [1.54, 1.807) is 0 Å². The van der Waals surface area contributed by atoms with Crippen LogP contribution in [0.25, 0.3) is 0 Å². The lowest BCUT2D eigenvalue weighted by atomic mass is 10.2. The SMILES string of the molecule is NS(=O)(=O)Cc1cccc(O)c1O. The maximum Gasteiger partial charge on any atom is 0.213 e. The van der Waals surface area contributed by atoms with E-state index in [4.69, 9.17) is 10.2 Å². The van der Waals surface area contributed by atoms with Crippen molar-refractivity contribution in [3.8, 4) is 11.5 Å². The van der Waals surface area contributed by atoms with E-state index in [1.807, 2.05) is 0 Å². The van der Waals surface area contributed by atoms with Gasteiger partial charge in [-0.15, -0.1) is 0 Å². The Bertz CT molecular complexity index is 413. The normalized spacial score (nSPS) is 11.5. The van der Waals surface area contributed by atoms with Gasteiger partial charge >= 0.3 is 0 Å². The van der Waals surface area contributed by atoms with Crippen molar-refractivity contribution < 1.29 is 18.6 Å². The van der Waals surface area contributed by atoms with Crippen LogP contribution in [0.15, 0.2) is 18.2 Å². The van der Waals surface area contributed by atoms with Gasteiger partial charge in [0, 0.05) is 5.56 Å². The van der Waals surface area contributed by atoms with Crippen LogP contribution >= 0.6 is 0 Å². The van der Waals surface area contributed by atoms with E-state index in [-0.39, 0.29) is 11.3 Å². The van der Waals surface area contributed by atoms with Gasteiger partial charge in [0.05, 0.1) is 5.75 Å². The Morgan fingerprint density at radius 2 is 1.92 bits per heavy atom. The summed E-state index contributed by atoms with van der Waals surface area (Å²) in [6.45, 7) is 0. The molecule has 1 aromatic carbocycles. The fourth-order valence-corrected chi connectivity index (χ4v) is 1.58. The van der Waals surface area contributed by atoms with Crippen LogP contribution in [0, 0.1) is 0 Å². The molecule has 0 bridgehead atoms. The third-order valence-corrected chi connectivity index (χ3v) is 2.17. The molecule has 6 heteroatoms. The number of phenols is 2.